The zero-order valence-electron chi connectivity index (χ0n) is 14.3. The summed E-state index contributed by atoms with van der Waals surface area (Å²) in [7, 11) is 0. The van der Waals surface area contributed by atoms with E-state index in [1.165, 1.54) is 11.3 Å². The summed E-state index contributed by atoms with van der Waals surface area (Å²) in [5, 5.41) is 4.73. The Bertz CT molecular complexity index is 964. The monoisotopic (exact) mass is 376 g/mol. The molecule has 1 aliphatic heterocycles. The van der Waals surface area contributed by atoms with Crippen LogP contribution in [0.2, 0.25) is 0 Å². The van der Waals surface area contributed by atoms with Gasteiger partial charge in [-0.2, -0.15) is 0 Å². The van der Waals surface area contributed by atoms with Crippen molar-refractivity contribution >= 4 is 34.7 Å². The molecule has 0 fully saturated rings. The first-order chi connectivity index (χ1) is 13.1. The Balaban J connectivity index is 1.67. The highest BCUT2D eigenvalue weighted by Crippen LogP contribution is 2.27. The smallest absolute Gasteiger partial charge is 0.262 e. The second-order valence-electron chi connectivity index (χ2n) is 6.18. The highest BCUT2D eigenvalue weighted by atomic mass is 32.1. The van der Waals surface area contributed by atoms with Crippen molar-refractivity contribution in [3.8, 4) is 0 Å². The average Bonchev–Trinajstić information content (AvgIpc) is 3.28. The summed E-state index contributed by atoms with van der Waals surface area (Å²) in [5.41, 5.74) is 1.30. The zero-order valence-corrected chi connectivity index (χ0v) is 15.1. The molecule has 0 saturated carbocycles. The first kappa shape index (κ1) is 17.2. The molecular formula is C21H16N2O3S. The van der Waals surface area contributed by atoms with Crippen LogP contribution in [-0.2, 0) is 11.2 Å². The van der Waals surface area contributed by atoms with Gasteiger partial charge in [-0.3, -0.25) is 19.3 Å². The summed E-state index contributed by atoms with van der Waals surface area (Å²) < 4.78 is 0. The van der Waals surface area contributed by atoms with Crippen LogP contribution < -0.4 is 5.32 Å². The Kier molecular flexibility index (Phi) is 4.56. The molecule has 1 unspecified atom stereocenters. The lowest BCUT2D eigenvalue weighted by atomic mass is 10.1. The van der Waals surface area contributed by atoms with Crippen LogP contribution in [0.1, 0.15) is 25.6 Å². The lowest BCUT2D eigenvalue weighted by molar-refractivity contribution is -0.119. The molecule has 0 spiro atoms. The third kappa shape index (κ3) is 3.27. The van der Waals surface area contributed by atoms with Crippen LogP contribution in [0.15, 0.2) is 72.1 Å². The number of carbonyl (C=O) groups is 3. The molecule has 27 heavy (non-hydrogen) atoms. The van der Waals surface area contributed by atoms with Crippen LogP contribution >= 0.6 is 11.3 Å². The highest BCUT2D eigenvalue weighted by molar-refractivity contribution is 7.09. The van der Waals surface area contributed by atoms with Crippen LogP contribution in [0.5, 0.6) is 0 Å². The van der Waals surface area contributed by atoms with Gasteiger partial charge in [-0.15, -0.1) is 11.3 Å². The van der Waals surface area contributed by atoms with Gasteiger partial charge in [0.2, 0.25) is 5.91 Å². The highest BCUT2D eigenvalue weighted by Gasteiger charge is 2.42. The molecule has 1 aromatic heterocycles. The molecule has 5 nitrogen and oxygen atoms in total. The Labute approximate surface area is 160 Å². The number of para-hydroxylation sites is 1. The molecule has 0 saturated heterocycles. The van der Waals surface area contributed by atoms with Crippen LogP contribution in [0, 0.1) is 0 Å². The number of thiophene rings is 1. The topological polar surface area (TPSA) is 66.5 Å². The number of benzene rings is 2. The van der Waals surface area contributed by atoms with Gasteiger partial charge in [0.15, 0.2) is 0 Å². The molecule has 134 valence electrons. The molecule has 2 aromatic carbocycles. The van der Waals surface area contributed by atoms with Crippen molar-refractivity contribution in [1.29, 1.82) is 0 Å². The maximum Gasteiger partial charge on any atom is 0.262 e. The molecule has 1 atom stereocenters. The second-order valence-corrected chi connectivity index (χ2v) is 7.21. The predicted molar refractivity (Wildman–Crippen MR) is 104 cm³/mol. The number of carbonyl (C=O) groups excluding carboxylic acids is 3. The van der Waals surface area contributed by atoms with Crippen molar-refractivity contribution in [2.75, 3.05) is 5.32 Å². The number of amides is 3. The van der Waals surface area contributed by atoms with Gasteiger partial charge in [0, 0.05) is 17.0 Å². The first-order valence-corrected chi connectivity index (χ1v) is 9.38. The van der Waals surface area contributed by atoms with E-state index >= 15 is 0 Å². The number of imide groups is 1. The van der Waals surface area contributed by atoms with Crippen LogP contribution in [-0.4, -0.2) is 28.7 Å². The minimum Gasteiger partial charge on any atom is -0.324 e. The van der Waals surface area contributed by atoms with E-state index in [9.17, 15) is 14.4 Å². The summed E-state index contributed by atoms with van der Waals surface area (Å²) in [5.74, 6) is -1.25. The second kappa shape index (κ2) is 7.17. The normalized spacial score (nSPS) is 14.1. The zero-order chi connectivity index (χ0) is 18.8. The number of anilines is 1. The molecule has 3 amide bonds. The fourth-order valence-corrected chi connectivity index (χ4v) is 3.90. The third-order valence-corrected chi connectivity index (χ3v) is 5.35. The van der Waals surface area contributed by atoms with Crippen molar-refractivity contribution in [2.45, 2.75) is 12.5 Å². The molecule has 0 radical (unpaired) electrons. The van der Waals surface area contributed by atoms with E-state index in [0.29, 0.717) is 16.8 Å². The minimum absolute atomic E-state index is 0.280. The summed E-state index contributed by atoms with van der Waals surface area (Å²) in [6, 6.07) is 18.5. The number of hydrogen-bond acceptors (Lipinski definition) is 4. The van der Waals surface area contributed by atoms with Crippen molar-refractivity contribution in [3.05, 3.63) is 88.1 Å². The molecular weight excluding hydrogens is 360 g/mol. The first-order valence-electron chi connectivity index (χ1n) is 8.50. The maximum atomic E-state index is 13.0. The largest absolute Gasteiger partial charge is 0.324 e. The van der Waals surface area contributed by atoms with Gasteiger partial charge < -0.3 is 5.32 Å². The van der Waals surface area contributed by atoms with E-state index in [-0.39, 0.29) is 12.3 Å². The Morgan fingerprint density at radius 2 is 1.52 bits per heavy atom. The maximum absolute atomic E-state index is 13.0. The number of nitrogens with one attached hydrogen (secondary N) is 1. The van der Waals surface area contributed by atoms with Gasteiger partial charge in [-0.05, 0) is 35.7 Å². The van der Waals surface area contributed by atoms with E-state index in [1.807, 2.05) is 35.7 Å². The molecule has 6 heteroatoms. The molecule has 1 N–H and O–H groups in total. The molecule has 4 rings (SSSR count). The quantitative estimate of drug-likeness (QED) is 0.692. The van der Waals surface area contributed by atoms with E-state index in [0.717, 1.165) is 9.78 Å². The summed E-state index contributed by atoms with van der Waals surface area (Å²) >= 11 is 1.49. The van der Waals surface area contributed by atoms with E-state index in [1.54, 1.807) is 36.4 Å². The third-order valence-electron chi connectivity index (χ3n) is 4.46. The standard InChI is InChI=1S/C21H16N2O3S/c24-19(22-14-7-2-1-3-8-14)18(13-15-9-6-12-27-15)23-20(25)16-10-4-5-11-17(16)21(23)26/h1-12,18H,13H2,(H,22,24). The van der Waals surface area contributed by atoms with E-state index in [4.69, 9.17) is 0 Å². The molecule has 0 aliphatic carbocycles. The van der Waals surface area contributed by atoms with Crippen molar-refractivity contribution in [3.63, 3.8) is 0 Å². The predicted octanol–water partition coefficient (Wildman–Crippen LogP) is 3.59. The van der Waals surface area contributed by atoms with Crippen LogP contribution in [0.4, 0.5) is 5.69 Å². The fourth-order valence-electron chi connectivity index (χ4n) is 3.16. The Morgan fingerprint density at radius 3 is 2.11 bits per heavy atom. The molecule has 0 bridgehead atoms. The van der Waals surface area contributed by atoms with Crippen molar-refractivity contribution in [1.82, 2.24) is 4.90 Å². The summed E-state index contributed by atoms with van der Waals surface area (Å²) in [4.78, 5) is 40.8. The number of rotatable bonds is 5. The number of hydrogen-bond donors (Lipinski definition) is 1. The minimum atomic E-state index is -0.920. The van der Waals surface area contributed by atoms with Crippen LogP contribution in [0.3, 0.4) is 0 Å². The van der Waals surface area contributed by atoms with Crippen LogP contribution in [0.25, 0.3) is 0 Å². The van der Waals surface area contributed by atoms with Gasteiger partial charge in [0.05, 0.1) is 11.1 Å². The number of nitrogens with zero attached hydrogens (tertiary/aromatic N) is 1. The SMILES string of the molecule is O=C(Nc1ccccc1)C(Cc1cccs1)N1C(=O)c2ccccc2C1=O. The lowest BCUT2D eigenvalue weighted by Gasteiger charge is -2.25. The lowest BCUT2D eigenvalue weighted by Crippen LogP contribution is -2.48. The Hall–Kier alpha value is -3.25. The van der Waals surface area contributed by atoms with Gasteiger partial charge in [0.25, 0.3) is 11.8 Å². The van der Waals surface area contributed by atoms with E-state index in [2.05, 4.69) is 5.32 Å². The molecule has 2 heterocycles. The fraction of sp³-hybridized carbons (Fsp3) is 0.0952. The number of fused-ring (bicyclic) bond motifs is 1. The molecule has 1 aliphatic rings. The summed E-state index contributed by atoms with van der Waals surface area (Å²) in [6.07, 6.45) is 0.280. The van der Waals surface area contributed by atoms with E-state index < -0.39 is 17.9 Å². The van der Waals surface area contributed by atoms with Gasteiger partial charge >= 0.3 is 0 Å². The van der Waals surface area contributed by atoms with Crippen molar-refractivity contribution < 1.29 is 14.4 Å². The Morgan fingerprint density at radius 1 is 0.889 bits per heavy atom. The molecule has 3 aromatic rings. The van der Waals surface area contributed by atoms with Crippen molar-refractivity contribution in [2.24, 2.45) is 0 Å². The van der Waals surface area contributed by atoms with Gasteiger partial charge in [0.1, 0.15) is 6.04 Å². The average molecular weight is 376 g/mol. The summed E-state index contributed by atoms with van der Waals surface area (Å²) in [6.45, 7) is 0. The van der Waals surface area contributed by atoms with Gasteiger partial charge in [-0.25, -0.2) is 0 Å². The van der Waals surface area contributed by atoms with Gasteiger partial charge in [-0.1, -0.05) is 36.4 Å².